The Hall–Kier alpha value is -2.21. The molecule has 2 aromatic heterocycles. The Labute approximate surface area is 115 Å². The van der Waals surface area contributed by atoms with E-state index in [1.54, 1.807) is 0 Å². The molecule has 20 heavy (non-hydrogen) atoms. The maximum atomic E-state index is 5.41. The highest BCUT2D eigenvalue weighted by atomic mass is 16.5. The van der Waals surface area contributed by atoms with Crippen LogP contribution in [0.4, 0.5) is 0 Å². The van der Waals surface area contributed by atoms with Crippen molar-refractivity contribution in [3.8, 4) is 11.5 Å². The molecule has 1 saturated heterocycles. The van der Waals surface area contributed by atoms with Gasteiger partial charge in [0.15, 0.2) is 0 Å². The van der Waals surface area contributed by atoms with Gasteiger partial charge in [-0.2, -0.15) is 10.1 Å². The van der Waals surface area contributed by atoms with Gasteiger partial charge in [0.25, 0.3) is 0 Å². The highest BCUT2D eigenvalue weighted by molar-refractivity contribution is 5.90. The van der Waals surface area contributed by atoms with Crippen molar-refractivity contribution in [2.75, 3.05) is 13.2 Å². The normalized spacial score (nSPS) is 16.8. The van der Waals surface area contributed by atoms with Crippen LogP contribution in [0.1, 0.15) is 24.7 Å². The summed E-state index contributed by atoms with van der Waals surface area (Å²) in [6.07, 6.45) is 1.87. The third kappa shape index (κ3) is 1.89. The molecule has 3 heterocycles. The number of aromatic nitrogens is 4. The number of nitrogens with one attached hydrogen (secondary N) is 1. The van der Waals surface area contributed by atoms with Crippen LogP contribution in [0.5, 0.6) is 0 Å². The minimum atomic E-state index is 0.301. The lowest BCUT2D eigenvalue weighted by Gasteiger charge is -2.17. The molecule has 1 fully saturated rings. The minimum Gasteiger partial charge on any atom is -0.381 e. The Morgan fingerprint density at radius 1 is 1.15 bits per heavy atom. The summed E-state index contributed by atoms with van der Waals surface area (Å²) in [7, 11) is 0. The van der Waals surface area contributed by atoms with Crippen LogP contribution in [0.15, 0.2) is 28.8 Å². The Kier molecular flexibility index (Phi) is 2.74. The summed E-state index contributed by atoms with van der Waals surface area (Å²) in [5.41, 5.74) is 1.71. The molecule has 0 bridgehead atoms. The van der Waals surface area contributed by atoms with Crippen molar-refractivity contribution < 1.29 is 9.26 Å². The van der Waals surface area contributed by atoms with Gasteiger partial charge < -0.3 is 9.26 Å². The SMILES string of the molecule is c1ccc2c(-c3noc(C4CCOCC4)n3)n[nH]c2c1. The van der Waals surface area contributed by atoms with E-state index in [2.05, 4.69) is 20.3 Å². The number of ether oxygens (including phenoxy) is 1. The standard InChI is InChI=1S/C14H14N4O2/c1-2-4-11-10(3-1)12(17-16-11)13-15-14(20-18-13)9-5-7-19-8-6-9/h1-4,9H,5-8H2,(H,16,17). The Bertz CT molecular complexity index is 727. The first-order chi connectivity index (χ1) is 9.92. The fourth-order valence-corrected chi connectivity index (χ4v) is 2.58. The summed E-state index contributed by atoms with van der Waals surface area (Å²) in [6.45, 7) is 1.52. The van der Waals surface area contributed by atoms with E-state index in [-0.39, 0.29) is 0 Å². The molecule has 0 unspecified atom stereocenters. The van der Waals surface area contributed by atoms with Gasteiger partial charge in [0.1, 0.15) is 5.69 Å². The second kappa shape index (κ2) is 4.72. The molecule has 1 aliphatic rings. The van der Waals surface area contributed by atoms with Gasteiger partial charge in [0, 0.05) is 24.5 Å². The van der Waals surface area contributed by atoms with E-state index < -0.39 is 0 Å². The number of aromatic amines is 1. The molecule has 0 amide bonds. The monoisotopic (exact) mass is 270 g/mol. The van der Waals surface area contributed by atoms with Crippen LogP contribution < -0.4 is 0 Å². The summed E-state index contributed by atoms with van der Waals surface area (Å²) in [5.74, 6) is 1.54. The number of benzene rings is 1. The third-order valence-electron chi connectivity index (χ3n) is 3.69. The lowest BCUT2D eigenvalue weighted by atomic mass is 10.0. The number of H-pyrrole nitrogens is 1. The number of hydrogen-bond acceptors (Lipinski definition) is 5. The Balaban J connectivity index is 1.70. The summed E-state index contributed by atoms with van der Waals surface area (Å²) in [5, 5.41) is 12.4. The van der Waals surface area contributed by atoms with Gasteiger partial charge in [-0.3, -0.25) is 5.10 Å². The molecular formula is C14H14N4O2. The molecular weight excluding hydrogens is 256 g/mol. The molecule has 102 valence electrons. The van der Waals surface area contributed by atoms with Crippen LogP contribution in [0, 0.1) is 0 Å². The first-order valence-electron chi connectivity index (χ1n) is 6.76. The molecule has 0 spiro atoms. The minimum absolute atomic E-state index is 0.301. The third-order valence-corrected chi connectivity index (χ3v) is 3.69. The maximum absolute atomic E-state index is 5.41. The van der Waals surface area contributed by atoms with Crippen LogP contribution in [-0.2, 0) is 4.74 Å². The quantitative estimate of drug-likeness (QED) is 0.774. The molecule has 0 radical (unpaired) electrons. The fraction of sp³-hybridized carbons (Fsp3) is 0.357. The largest absolute Gasteiger partial charge is 0.381 e. The maximum Gasteiger partial charge on any atom is 0.230 e. The first kappa shape index (κ1) is 11.6. The van der Waals surface area contributed by atoms with Crippen molar-refractivity contribution in [1.29, 1.82) is 0 Å². The molecule has 4 rings (SSSR count). The molecule has 1 aliphatic heterocycles. The van der Waals surface area contributed by atoms with Gasteiger partial charge >= 0.3 is 0 Å². The van der Waals surface area contributed by atoms with Crippen LogP contribution in [0.3, 0.4) is 0 Å². The number of para-hydroxylation sites is 1. The lowest BCUT2D eigenvalue weighted by Crippen LogP contribution is -2.14. The van der Waals surface area contributed by atoms with Crippen molar-refractivity contribution in [3.63, 3.8) is 0 Å². The molecule has 0 saturated carbocycles. The summed E-state index contributed by atoms with van der Waals surface area (Å²) < 4.78 is 10.8. The lowest BCUT2D eigenvalue weighted by molar-refractivity contribution is 0.0778. The van der Waals surface area contributed by atoms with Gasteiger partial charge in [-0.25, -0.2) is 0 Å². The average molecular weight is 270 g/mol. The smallest absolute Gasteiger partial charge is 0.230 e. The van der Waals surface area contributed by atoms with Gasteiger partial charge in [0.05, 0.1) is 5.52 Å². The van der Waals surface area contributed by atoms with Crippen molar-refractivity contribution in [1.82, 2.24) is 20.3 Å². The molecule has 6 nitrogen and oxygen atoms in total. The van der Waals surface area contributed by atoms with Crippen molar-refractivity contribution >= 4 is 10.9 Å². The molecule has 3 aromatic rings. The van der Waals surface area contributed by atoms with E-state index in [9.17, 15) is 0 Å². The highest BCUT2D eigenvalue weighted by Crippen LogP contribution is 2.29. The number of fused-ring (bicyclic) bond motifs is 1. The molecule has 0 aliphatic carbocycles. The van der Waals surface area contributed by atoms with Crippen molar-refractivity contribution in [2.45, 2.75) is 18.8 Å². The first-order valence-corrected chi connectivity index (χ1v) is 6.76. The predicted molar refractivity (Wildman–Crippen MR) is 72.2 cm³/mol. The van der Waals surface area contributed by atoms with Crippen molar-refractivity contribution in [3.05, 3.63) is 30.2 Å². The summed E-state index contributed by atoms with van der Waals surface area (Å²) in [4.78, 5) is 4.51. The second-order valence-corrected chi connectivity index (χ2v) is 4.96. The Morgan fingerprint density at radius 3 is 2.90 bits per heavy atom. The van der Waals surface area contributed by atoms with Gasteiger partial charge in [0.2, 0.25) is 11.7 Å². The average Bonchev–Trinajstić information content (AvgIpc) is 3.14. The Morgan fingerprint density at radius 2 is 2.00 bits per heavy atom. The molecule has 6 heteroatoms. The van der Waals surface area contributed by atoms with E-state index in [1.807, 2.05) is 24.3 Å². The zero-order valence-electron chi connectivity index (χ0n) is 10.9. The van der Waals surface area contributed by atoms with Crippen LogP contribution in [0.25, 0.3) is 22.4 Å². The fourth-order valence-electron chi connectivity index (χ4n) is 2.58. The summed E-state index contributed by atoms with van der Waals surface area (Å²) >= 11 is 0. The van der Waals surface area contributed by atoms with Gasteiger partial charge in [-0.15, -0.1) is 0 Å². The predicted octanol–water partition coefficient (Wildman–Crippen LogP) is 2.51. The number of rotatable bonds is 2. The van der Waals surface area contributed by atoms with Gasteiger partial charge in [-0.05, 0) is 18.9 Å². The van der Waals surface area contributed by atoms with Crippen molar-refractivity contribution in [2.24, 2.45) is 0 Å². The van der Waals surface area contributed by atoms with Crippen LogP contribution >= 0.6 is 0 Å². The van der Waals surface area contributed by atoms with E-state index in [1.165, 1.54) is 0 Å². The summed E-state index contributed by atoms with van der Waals surface area (Å²) in [6, 6.07) is 7.92. The zero-order valence-corrected chi connectivity index (χ0v) is 10.9. The highest BCUT2D eigenvalue weighted by Gasteiger charge is 2.23. The molecule has 0 atom stereocenters. The molecule has 1 aromatic carbocycles. The zero-order chi connectivity index (χ0) is 13.4. The van der Waals surface area contributed by atoms with Crippen LogP contribution in [0.2, 0.25) is 0 Å². The van der Waals surface area contributed by atoms with E-state index in [4.69, 9.17) is 9.26 Å². The second-order valence-electron chi connectivity index (χ2n) is 4.96. The topological polar surface area (TPSA) is 76.8 Å². The van der Waals surface area contributed by atoms with E-state index >= 15 is 0 Å². The number of hydrogen-bond donors (Lipinski definition) is 1. The molecule has 1 N–H and O–H groups in total. The van der Waals surface area contributed by atoms with E-state index in [0.29, 0.717) is 17.6 Å². The number of nitrogens with zero attached hydrogens (tertiary/aromatic N) is 3. The van der Waals surface area contributed by atoms with E-state index in [0.717, 1.165) is 42.7 Å². The van der Waals surface area contributed by atoms with Crippen LogP contribution in [-0.4, -0.2) is 33.6 Å². The van der Waals surface area contributed by atoms with Gasteiger partial charge in [-0.1, -0.05) is 23.4 Å².